The summed E-state index contributed by atoms with van der Waals surface area (Å²) in [4.78, 5) is 11.6. The molecule has 2 unspecified atom stereocenters. The van der Waals surface area contributed by atoms with Gasteiger partial charge in [-0.05, 0) is 32.1 Å². The number of hydrogen-bond donors (Lipinski definition) is 1. The van der Waals surface area contributed by atoms with Gasteiger partial charge in [0.15, 0.2) is 0 Å². The third kappa shape index (κ3) is 4.52. The number of carbonyl (C=O) groups is 1. The molecule has 0 aromatic heterocycles. The average molecular weight is 227 g/mol. The molecule has 1 N–H and O–H groups in total. The van der Waals surface area contributed by atoms with E-state index < -0.39 is 0 Å². The van der Waals surface area contributed by atoms with Crippen molar-refractivity contribution in [3.8, 4) is 0 Å². The summed E-state index contributed by atoms with van der Waals surface area (Å²) in [5.41, 5.74) is 0. The lowest BCUT2D eigenvalue weighted by molar-refractivity contribution is -0.144. The number of carbonyl (C=O) groups excluding carboxylic acids is 1. The Hall–Kier alpha value is -0.570. The largest absolute Gasteiger partial charge is 0.468 e. The smallest absolute Gasteiger partial charge is 0.323 e. The molecule has 0 heterocycles. The van der Waals surface area contributed by atoms with E-state index in [0.29, 0.717) is 12.0 Å². The van der Waals surface area contributed by atoms with Crippen LogP contribution < -0.4 is 5.32 Å². The molecule has 2 atom stereocenters. The number of esters is 1. The molecular weight excluding hydrogens is 202 g/mol. The Labute approximate surface area is 98.9 Å². The van der Waals surface area contributed by atoms with E-state index >= 15 is 0 Å². The van der Waals surface area contributed by atoms with Gasteiger partial charge in [-0.1, -0.05) is 26.2 Å². The quantitative estimate of drug-likeness (QED) is 0.511. The van der Waals surface area contributed by atoms with Crippen molar-refractivity contribution in [2.75, 3.05) is 7.11 Å². The maximum Gasteiger partial charge on any atom is 0.323 e. The molecule has 1 aliphatic rings. The summed E-state index contributed by atoms with van der Waals surface area (Å²) in [6, 6.07) is 0.345. The van der Waals surface area contributed by atoms with Gasteiger partial charge in [0.05, 0.1) is 7.11 Å². The summed E-state index contributed by atoms with van der Waals surface area (Å²) in [7, 11) is 1.47. The Bertz CT molecular complexity index is 214. The van der Waals surface area contributed by atoms with Gasteiger partial charge in [0, 0.05) is 6.04 Å². The van der Waals surface area contributed by atoms with Crippen molar-refractivity contribution in [3.05, 3.63) is 0 Å². The maximum atomic E-state index is 11.6. The lowest BCUT2D eigenvalue weighted by Crippen LogP contribution is -2.44. The van der Waals surface area contributed by atoms with Crippen molar-refractivity contribution in [2.24, 2.45) is 5.92 Å². The highest BCUT2D eigenvalue weighted by molar-refractivity contribution is 5.76. The van der Waals surface area contributed by atoms with Crippen LogP contribution in [0.25, 0.3) is 0 Å². The Morgan fingerprint density at radius 1 is 1.44 bits per heavy atom. The Kier molecular flexibility index (Phi) is 5.81. The third-order valence-corrected chi connectivity index (χ3v) is 3.25. The number of rotatable bonds is 8. The average Bonchev–Trinajstić information content (AvgIpc) is 3.09. The first-order chi connectivity index (χ1) is 7.69. The fourth-order valence-corrected chi connectivity index (χ4v) is 2.04. The van der Waals surface area contributed by atoms with Gasteiger partial charge in [-0.15, -0.1) is 0 Å². The van der Waals surface area contributed by atoms with Crippen molar-refractivity contribution in [3.63, 3.8) is 0 Å². The lowest BCUT2D eigenvalue weighted by Gasteiger charge is -2.21. The second-order valence-electron chi connectivity index (χ2n) is 4.90. The summed E-state index contributed by atoms with van der Waals surface area (Å²) >= 11 is 0. The fraction of sp³-hybridized carbons (Fsp3) is 0.923. The van der Waals surface area contributed by atoms with Gasteiger partial charge < -0.3 is 10.1 Å². The SMILES string of the molecule is CCCCCC(C)NC(C(=O)OC)C1CC1. The van der Waals surface area contributed by atoms with Crippen LogP contribution in [0.5, 0.6) is 0 Å². The van der Waals surface area contributed by atoms with Gasteiger partial charge in [0.1, 0.15) is 6.04 Å². The van der Waals surface area contributed by atoms with Crippen molar-refractivity contribution in [2.45, 2.75) is 64.5 Å². The first kappa shape index (κ1) is 13.5. The molecule has 0 spiro atoms. The van der Waals surface area contributed by atoms with Crippen molar-refractivity contribution in [1.29, 1.82) is 0 Å². The molecule has 1 rings (SSSR count). The summed E-state index contributed by atoms with van der Waals surface area (Å²) < 4.78 is 4.84. The van der Waals surface area contributed by atoms with Crippen LogP contribution in [0, 0.1) is 5.92 Å². The van der Waals surface area contributed by atoms with Crippen LogP contribution in [0.2, 0.25) is 0 Å². The van der Waals surface area contributed by atoms with Crippen LogP contribution >= 0.6 is 0 Å². The van der Waals surface area contributed by atoms with Gasteiger partial charge in [-0.3, -0.25) is 4.79 Å². The molecular formula is C13H25NO2. The third-order valence-electron chi connectivity index (χ3n) is 3.25. The molecule has 1 fully saturated rings. The highest BCUT2D eigenvalue weighted by Crippen LogP contribution is 2.33. The molecule has 16 heavy (non-hydrogen) atoms. The van der Waals surface area contributed by atoms with Crippen LogP contribution in [-0.2, 0) is 9.53 Å². The van der Waals surface area contributed by atoms with Crippen molar-refractivity contribution < 1.29 is 9.53 Å². The zero-order valence-electron chi connectivity index (χ0n) is 10.8. The number of methoxy groups -OCH3 is 1. The summed E-state index contributed by atoms with van der Waals surface area (Å²) in [5.74, 6) is 0.422. The molecule has 0 radical (unpaired) electrons. The Morgan fingerprint density at radius 2 is 2.12 bits per heavy atom. The normalized spacial score (nSPS) is 19.2. The predicted molar refractivity (Wildman–Crippen MR) is 65.3 cm³/mol. The van der Waals surface area contributed by atoms with E-state index in [-0.39, 0.29) is 12.0 Å². The molecule has 0 aliphatic heterocycles. The van der Waals surface area contributed by atoms with Crippen molar-refractivity contribution >= 4 is 5.97 Å². The van der Waals surface area contributed by atoms with Crippen LogP contribution in [0.1, 0.15) is 52.4 Å². The standard InChI is InChI=1S/C13H25NO2/c1-4-5-6-7-10(2)14-12(11-8-9-11)13(15)16-3/h10-12,14H,4-9H2,1-3H3. The van der Waals surface area contributed by atoms with Gasteiger partial charge in [-0.2, -0.15) is 0 Å². The van der Waals surface area contributed by atoms with Gasteiger partial charge in [0.25, 0.3) is 0 Å². The van der Waals surface area contributed by atoms with E-state index in [9.17, 15) is 4.79 Å². The van der Waals surface area contributed by atoms with E-state index in [1.807, 2.05) is 0 Å². The van der Waals surface area contributed by atoms with Crippen LogP contribution in [0.3, 0.4) is 0 Å². The zero-order chi connectivity index (χ0) is 12.0. The van der Waals surface area contributed by atoms with Crippen LogP contribution in [0.4, 0.5) is 0 Å². The van der Waals surface area contributed by atoms with Crippen molar-refractivity contribution in [1.82, 2.24) is 5.32 Å². The van der Waals surface area contributed by atoms with E-state index in [0.717, 1.165) is 19.3 Å². The van der Waals surface area contributed by atoms with Gasteiger partial charge in [0.2, 0.25) is 0 Å². The van der Waals surface area contributed by atoms with E-state index in [1.54, 1.807) is 0 Å². The molecule has 3 heteroatoms. The second-order valence-corrected chi connectivity index (χ2v) is 4.90. The monoisotopic (exact) mass is 227 g/mol. The molecule has 3 nitrogen and oxygen atoms in total. The minimum absolute atomic E-state index is 0.0679. The van der Waals surface area contributed by atoms with Crippen LogP contribution in [0.15, 0.2) is 0 Å². The molecule has 0 aromatic rings. The number of unbranched alkanes of at least 4 members (excludes halogenated alkanes) is 2. The van der Waals surface area contributed by atoms with Gasteiger partial charge in [-0.25, -0.2) is 0 Å². The molecule has 94 valence electrons. The fourth-order valence-electron chi connectivity index (χ4n) is 2.04. The van der Waals surface area contributed by atoms with E-state index in [2.05, 4.69) is 19.2 Å². The first-order valence-corrected chi connectivity index (χ1v) is 6.53. The maximum absolute atomic E-state index is 11.6. The molecule has 0 saturated heterocycles. The van der Waals surface area contributed by atoms with E-state index in [1.165, 1.54) is 26.4 Å². The summed E-state index contributed by atoms with van der Waals surface area (Å²) in [6.45, 7) is 4.37. The molecule has 1 aliphatic carbocycles. The number of ether oxygens (including phenoxy) is 1. The Balaban J connectivity index is 2.27. The number of nitrogens with one attached hydrogen (secondary N) is 1. The molecule has 1 saturated carbocycles. The molecule has 0 bridgehead atoms. The summed E-state index contributed by atoms with van der Waals surface area (Å²) in [6.07, 6.45) is 7.23. The summed E-state index contributed by atoms with van der Waals surface area (Å²) in [5, 5.41) is 3.41. The van der Waals surface area contributed by atoms with E-state index in [4.69, 9.17) is 4.74 Å². The Morgan fingerprint density at radius 3 is 2.62 bits per heavy atom. The minimum Gasteiger partial charge on any atom is -0.468 e. The molecule has 0 aromatic carbocycles. The molecule has 0 amide bonds. The minimum atomic E-state index is -0.0927. The van der Waals surface area contributed by atoms with Crippen LogP contribution in [-0.4, -0.2) is 25.2 Å². The highest BCUT2D eigenvalue weighted by atomic mass is 16.5. The predicted octanol–water partition coefficient (Wildman–Crippen LogP) is 2.50. The highest BCUT2D eigenvalue weighted by Gasteiger charge is 2.37. The zero-order valence-corrected chi connectivity index (χ0v) is 10.8. The van der Waals surface area contributed by atoms with Gasteiger partial charge >= 0.3 is 5.97 Å². The number of hydrogen-bond acceptors (Lipinski definition) is 3. The second kappa shape index (κ2) is 6.89. The topological polar surface area (TPSA) is 38.3 Å². The lowest BCUT2D eigenvalue weighted by atomic mass is 10.1. The first-order valence-electron chi connectivity index (χ1n) is 6.53.